The minimum absolute atomic E-state index is 0.228. The molecule has 4 nitrogen and oxygen atoms in total. The Bertz CT molecular complexity index is 600. The highest BCUT2D eigenvalue weighted by atomic mass is 35.5. The first kappa shape index (κ1) is 12.2. The van der Waals surface area contributed by atoms with Crippen LogP contribution in [0.2, 0.25) is 5.28 Å². The van der Waals surface area contributed by atoms with E-state index in [9.17, 15) is 0 Å². The summed E-state index contributed by atoms with van der Waals surface area (Å²) in [5.41, 5.74) is 9.06. The summed E-state index contributed by atoms with van der Waals surface area (Å²) in [6, 6.07) is 8.37. The molecule has 0 saturated carbocycles. The normalized spacial score (nSPS) is 14.9. The van der Waals surface area contributed by atoms with Crippen LogP contribution in [0.4, 0.5) is 17.2 Å². The summed E-state index contributed by atoms with van der Waals surface area (Å²) >= 11 is 5.90. The molecule has 1 aromatic carbocycles. The van der Waals surface area contributed by atoms with Gasteiger partial charge in [0.05, 0.1) is 11.9 Å². The van der Waals surface area contributed by atoms with Crippen molar-refractivity contribution in [3.05, 3.63) is 41.3 Å². The third kappa shape index (κ3) is 2.36. The Morgan fingerprint density at radius 3 is 2.95 bits per heavy atom. The van der Waals surface area contributed by atoms with Gasteiger partial charge in [-0.2, -0.15) is 4.98 Å². The highest BCUT2D eigenvalue weighted by Crippen LogP contribution is 2.34. The molecule has 0 aliphatic carbocycles. The standard InChI is InChI=1S/C14H15ClN4/c15-14-17-9-11(16)13(18-14)19-8-4-3-6-10-5-1-2-7-12(10)19/h1-2,5,7,9H,3-4,6,8,16H2. The van der Waals surface area contributed by atoms with Crippen molar-refractivity contribution < 1.29 is 0 Å². The van der Waals surface area contributed by atoms with Gasteiger partial charge in [0, 0.05) is 12.2 Å². The topological polar surface area (TPSA) is 55.0 Å². The SMILES string of the molecule is Nc1cnc(Cl)nc1N1CCCCc2ccccc21. The van der Waals surface area contributed by atoms with Gasteiger partial charge < -0.3 is 10.6 Å². The van der Waals surface area contributed by atoms with Gasteiger partial charge in [0.25, 0.3) is 0 Å². The van der Waals surface area contributed by atoms with E-state index >= 15 is 0 Å². The van der Waals surface area contributed by atoms with Gasteiger partial charge >= 0.3 is 0 Å². The first-order chi connectivity index (χ1) is 9.25. The number of nitrogen functional groups attached to an aromatic ring is 1. The minimum atomic E-state index is 0.228. The second-order valence-corrected chi connectivity index (χ2v) is 4.99. The van der Waals surface area contributed by atoms with E-state index in [2.05, 4.69) is 33.1 Å². The lowest BCUT2D eigenvalue weighted by Gasteiger charge is -2.24. The summed E-state index contributed by atoms with van der Waals surface area (Å²) in [5.74, 6) is 0.703. The van der Waals surface area contributed by atoms with E-state index in [0.29, 0.717) is 11.5 Å². The van der Waals surface area contributed by atoms with E-state index in [1.165, 1.54) is 17.7 Å². The van der Waals surface area contributed by atoms with Gasteiger partial charge in [0.1, 0.15) is 0 Å². The van der Waals surface area contributed by atoms with Gasteiger partial charge in [-0.15, -0.1) is 0 Å². The average Bonchev–Trinajstić information content (AvgIpc) is 2.64. The van der Waals surface area contributed by atoms with Crippen LogP contribution in [-0.4, -0.2) is 16.5 Å². The monoisotopic (exact) mass is 274 g/mol. The van der Waals surface area contributed by atoms with Crippen LogP contribution in [0.1, 0.15) is 18.4 Å². The predicted octanol–water partition coefficient (Wildman–Crippen LogP) is 3.19. The molecule has 5 heteroatoms. The number of halogens is 1. The number of para-hydroxylation sites is 1. The van der Waals surface area contributed by atoms with Gasteiger partial charge in [-0.3, -0.25) is 0 Å². The van der Waals surface area contributed by atoms with Crippen LogP contribution in [0, 0.1) is 0 Å². The second-order valence-electron chi connectivity index (χ2n) is 4.66. The highest BCUT2D eigenvalue weighted by molar-refractivity contribution is 6.28. The van der Waals surface area contributed by atoms with Gasteiger partial charge in [-0.05, 0) is 42.5 Å². The Kier molecular flexibility index (Phi) is 3.25. The van der Waals surface area contributed by atoms with Crippen LogP contribution in [0.5, 0.6) is 0 Å². The number of benzene rings is 1. The lowest BCUT2D eigenvalue weighted by Crippen LogP contribution is -2.20. The van der Waals surface area contributed by atoms with Crippen molar-refractivity contribution in [1.82, 2.24) is 9.97 Å². The van der Waals surface area contributed by atoms with E-state index in [1.807, 2.05) is 6.07 Å². The Hall–Kier alpha value is -1.81. The fourth-order valence-electron chi connectivity index (χ4n) is 2.49. The maximum Gasteiger partial charge on any atom is 0.224 e. The molecule has 0 saturated heterocycles. The Balaban J connectivity index is 2.11. The molecule has 0 fully saturated rings. The molecule has 0 bridgehead atoms. The molecule has 2 N–H and O–H groups in total. The van der Waals surface area contributed by atoms with Crippen molar-refractivity contribution in [3.63, 3.8) is 0 Å². The first-order valence-electron chi connectivity index (χ1n) is 6.39. The maximum absolute atomic E-state index is 6.00. The third-order valence-electron chi connectivity index (χ3n) is 3.38. The van der Waals surface area contributed by atoms with Crippen molar-refractivity contribution in [2.45, 2.75) is 19.3 Å². The lowest BCUT2D eigenvalue weighted by atomic mass is 10.1. The van der Waals surface area contributed by atoms with Crippen molar-refractivity contribution in [2.24, 2.45) is 0 Å². The number of nitrogens with two attached hydrogens (primary N) is 1. The highest BCUT2D eigenvalue weighted by Gasteiger charge is 2.19. The van der Waals surface area contributed by atoms with Gasteiger partial charge in [0.2, 0.25) is 5.28 Å². The summed E-state index contributed by atoms with van der Waals surface area (Å²) in [6.07, 6.45) is 4.94. The van der Waals surface area contributed by atoms with Gasteiger partial charge in [0.15, 0.2) is 5.82 Å². The third-order valence-corrected chi connectivity index (χ3v) is 3.56. The van der Waals surface area contributed by atoms with Gasteiger partial charge in [-0.1, -0.05) is 18.2 Å². The smallest absolute Gasteiger partial charge is 0.224 e. The molecule has 2 aromatic rings. The molecule has 0 unspecified atom stereocenters. The van der Waals surface area contributed by atoms with E-state index < -0.39 is 0 Å². The summed E-state index contributed by atoms with van der Waals surface area (Å²) in [4.78, 5) is 10.4. The molecule has 0 amide bonds. The molecule has 1 aliphatic heterocycles. The summed E-state index contributed by atoms with van der Waals surface area (Å²) in [6.45, 7) is 0.897. The van der Waals surface area contributed by atoms with Crippen LogP contribution >= 0.6 is 11.6 Å². The Morgan fingerprint density at radius 1 is 1.21 bits per heavy atom. The molecule has 0 spiro atoms. The molecule has 0 radical (unpaired) electrons. The quantitative estimate of drug-likeness (QED) is 0.812. The fraction of sp³-hybridized carbons (Fsp3) is 0.286. The molecule has 0 atom stereocenters. The molecular weight excluding hydrogens is 260 g/mol. The van der Waals surface area contributed by atoms with Crippen LogP contribution < -0.4 is 10.6 Å². The van der Waals surface area contributed by atoms with Crippen molar-refractivity contribution in [3.8, 4) is 0 Å². The van der Waals surface area contributed by atoms with E-state index in [-0.39, 0.29) is 5.28 Å². The lowest BCUT2D eigenvalue weighted by molar-refractivity contribution is 0.757. The Morgan fingerprint density at radius 2 is 2.05 bits per heavy atom. The summed E-state index contributed by atoms with van der Waals surface area (Å²) < 4.78 is 0. The van der Waals surface area contributed by atoms with Gasteiger partial charge in [-0.25, -0.2) is 4.98 Å². The first-order valence-corrected chi connectivity index (χ1v) is 6.77. The fourth-order valence-corrected chi connectivity index (χ4v) is 2.62. The average molecular weight is 275 g/mol. The molecule has 98 valence electrons. The summed E-state index contributed by atoms with van der Waals surface area (Å²) in [7, 11) is 0. The molecule has 1 aliphatic rings. The van der Waals surface area contributed by atoms with Crippen LogP contribution in [-0.2, 0) is 6.42 Å². The van der Waals surface area contributed by atoms with Crippen molar-refractivity contribution in [2.75, 3.05) is 17.2 Å². The number of fused-ring (bicyclic) bond motifs is 1. The zero-order chi connectivity index (χ0) is 13.2. The zero-order valence-electron chi connectivity index (χ0n) is 10.5. The molecule has 19 heavy (non-hydrogen) atoms. The number of aryl methyl sites for hydroxylation is 1. The Labute approximate surface area is 117 Å². The second kappa shape index (κ2) is 5.05. The van der Waals surface area contributed by atoms with Crippen LogP contribution in [0.25, 0.3) is 0 Å². The largest absolute Gasteiger partial charge is 0.394 e. The molecule has 3 rings (SSSR count). The number of nitrogens with zero attached hydrogens (tertiary/aromatic N) is 3. The number of rotatable bonds is 1. The van der Waals surface area contributed by atoms with E-state index in [0.717, 1.165) is 19.4 Å². The zero-order valence-corrected chi connectivity index (χ0v) is 11.3. The number of hydrogen-bond acceptors (Lipinski definition) is 4. The number of aromatic nitrogens is 2. The van der Waals surface area contributed by atoms with Crippen LogP contribution in [0.15, 0.2) is 30.5 Å². The molecule has 1 aromatic heterocycles. The summed E-state index contributed by atoms with van der Waals surface area (Å²) in [5, 5.41) is 0.228. The number of anilines is 3. The van der Waals surface area contributed by atoms with E-state index in [4.69, 9.17) is 17.3 Å². The van der Waals surface area contributed by atoms with Crippen molar-refractivity contribution >= 4 is 28.8 Å². The van der Waals surface area contributed by atoms with Crippen LogP contribution in [0.3, 0.4) is 0 Å². The molecular formula is C14H15ClN4. The number of hydrogen-bond donors (Lipinski definition) is 1. The predicted molar refractivity (Wildman–Crippen MR) is 77.8 cm³/mol. The maximum atomic E-state index is 6.00. The molecule has 2 heterocycles. The minimum Gasteiger partial charge on any atom is -0.394 e. The van der Waals surface area contributed by atoms with E-state index in [1.54, 1.807) is 6.20 Å². The van der Waals surface area contributed by atoms with Crippen molar-refractivity contribution in [1.29, 1.82) is 0 Å².